The van der Waals surface area contributed by atoms with E-state index in [2.05, 4.69) is 15.6 Å². The van der Waals surface area contributed by atoms with E-state index in [0.717, 1.165) is 5.56 Å². The van der Waals surface area contributed by atoms with Gasteiger partial charge in [0, 0.05) is 23.5 Å². The quantitative estimate of drug-likeness (QED) is 0.546. The van der Waals surface area contributed by atoms with Gasteiger partial charge in [-0.05, 0) is 49.2 Å². The van der Waals surface area contributed by atoms with Crippen molar-refractivity contribution in [3.63, 3.8) is 0 Å². The Morgan fingerprint density at radius 3 is 2.40 bits per heavy atom. The SMILES string of the molecule is COC(=O)c1c(C)[nH]c(C(=O)NCc2cccc(C(=O)Nc3ccccc3)c2)c1C. The van der Waals surface area contributed by atoms with E-state index in [1.54, 1.807) is 32.0 Å². The third-order valence-corrected chi connectivity index (χ3v) is 4.73. The number of esters is 1. The van der Waals surface area contributed by atoms with Crippen molar-refractivity contribution in [3.8, 4) is 0 Å². The number of carbonyl (C=O) groups is 3. The first kappa shape index (κ1) is 20.9. The monoisotopic (exact) mass is 405 g/mol. The molecule has 0 atom stereocenters. The lowest BCUT2D eigenvalue weighted by atomic mass is 10.1. The molecular formula is C23H23N3O4. The van der Waals surface area contributed by atoms with Crippen molar-refractivity contribution in [2.24, 2.45) is 0 Å². The van der Waals surface area contributed by atoms with Crippen LogP contribution in [-0.4, -0.2) is 29.9 Å². The van der Waals surface area contributed by atoms with Crippen molar-refractivity contribution in [1.29, 1.82) is 0 Å². The third kappa shape index (κ3) is 4.57. The summed E-state index contributed by atoms with van der Waals surface area (Å²) in [5.74, 6) is -1.06. The van der Waals surface area contributed by atoms with Crippen LogP contribution in [0.1, 0.15) is 48.0 Å². The molecule has 0 bridgehead atoms. The predicted octanol–water partition coefficient (Wildman–Crippen LogP) is 3.60. The number of para-hydroxylation sites is 1. The molecule has 0 saturated heterocycles. The molecule has 0 radical (unpaired) electrons. The number of nitrogens with one attached hydrogen (secondary N) is 3. The van der Waals surface area contributed by atoms with Crippen LogP contribution in [-0.2, 0) is 11.3 Å². The Bertz CT molecular complexity index is 1090. The summed E-state index contributed by atoms with van der Waals surface area (Å²) in [4.78, 5) is 39.9. The summed E-state index contributed by atoms with van der Waals surface area (Å²) >= 11 is 0. The van der Waals surface area contributed by atoms with Gasteiger partial charge in [0.1, 0.15) is 5.69 Å². The van der Waals surface area contributed by atoms with E-state index < -0.39 is 5.97 Å². The molecule has 0 aliphatic rings. The van der Waals surface area contributed by atoms with E-state index in [1.165, 1.54) is 7.11 Å². The molecule has 3 rings (SSSR count). The number of aryl methyl sites for hydroxylation is 1. The maximum atomic E-state index is 12.6. The van der Waals surface area contributed by atoms with Crippen LogP contribution in [0, 0.1) is 13.8 Å². The average molecular weight is 405 g/mol. The van der Waals surface area contributed by atoms with Crippen molar-refractivity contribution in [2.75, 3.05) is 12.4 Å². The molecule has 0 aliphatic carbocycles. The number of benzene rings is 2. The van der Waals surface area contributed by atoms with Crippen molar-refractivity contribution in [3.05, 3.63) is 88.2 Å². The average Bonchev–Trinajstić information content (AvgIpc) is 3.06. The van der Waals surface area contributed by atoms with Crippen molar-refractivity contribution in [2.45, 2.75) is 20.4 Å². The van der Waals surface area contributed by atoms with Crippen LogP contribution < -0.4 is 10.6 Å². The Hall–Kier alpha value is -3.87. The Morgan fingerprint density at radius 1 is 0.967 bits per heavy atom. The van der Waals surface area contributed by atoms with Crippen LogP contribution in [0.5, 0.6) is 0 Å². The normalized spacial score (nSPS) is 10.4. The van der Waals surface area contributed by atoms with Gasteiger partial charge in [-0.1, -0.05) is 30.3 Å². The number of amides is 2. The summed E-state index contributed by atoms with van der Waals surface area (Å²) in [7, 11) is 1.30. The summed E-state index contributed by atoms with van der Waals surface area (Å²) in [5, 5.41) is 5.65. The van der Waals surface area contributed by atoms with Crippen LogP contribution in [0.25, 0.3) is 0 Å². The molecule has 2 aromatic carbocycles. The van der Waals surface area contributed by atoms with Gasteiger partial charge in [0.15, 0.2) is 0 Å². The van der Waals surface area contributed by atoms with Crippen molar-refractivity contribution >= 4 is 23.5 Å². The minimum Gasteiger partial charge on any atom is -0.465 e. The maximum Gasteiger partial charge on any atom is 0.339 e. The summed E-state index contributed by atoms with van der Waals surface area (Å²) in [5.41, 5.74) is 3.76. The fourth-order valence-corrected chi connectivity index (χ4v) is 3.20. The molecule has 0 saturated carbocycles. The Labute approximate surface area is 174 Å². The molecule has 0 fully saturated rings. The van der Waals surface area contributed by atoms with Crippen molar-refractivity contribution < 1.29 is 19.1 Å². The van der Waals surface area contributed by atoms with Crippen LogP contribution >= 0.6 is 0 Å². The minimum absolute atomic E-state index is 0.229. The van der Waals surface area contributed by atoms with E-state index in [4.69, 9.17) is 4.74 Å². The Kier molecular flexibility index (Phi) is 6.32. The molecule has 30 heavy (non-hydrogen) atoms. The van der Waals surface area contributed by atoms with Gasteiger partial charge in [-0.2, -0.15) is 0 Å². The highest BCUT2D eigenvalue weighted by Gasteiger charge is 2.22. The molecule has 2 amide bonds. The second kappa shape index (κ2) is 9.09. The topological polar surface area (TPSA) is 100 Å². The van der Waals surface area contributed by atoms with Gasteiger partial charge in [-0.3, -0.25) is 9.59 Å². The summed E-state index contributed by atoms with van der Waals surface area (Å²) in [6.45, 7) is 3.64. The summed E-state index contributed by atoms with van der Waals surface area (Å²) in [6.07, 6.45) is 0. The van der Waals surface area contributed by atoms with E-state index in [-0.39, 0.29) is 18.4 Å². The van der Waals surface area contributed by atoms with Crippen LogP contribution in [0.3, 0.4) is 0 Å². The molecular weight excluding hydrogens is 382 g/mol. The Balaban J connectivity index is 1.68. The van der Waals surface area contributed by atoms with E-state index in [0.29, 0.717) is 33.8 Å². The first-order chi connectivity index (χ1) is 14.4. The molecule has 154 valence electrons. The van der Waals surface area contributed by atoms with Gasteiger partial charge < -0.3 is 20.4 Å². The van der Waals surface area contributed by atoms with Crippen LogP contribution in [0.4, 0.5) is 5.69 Å². The number of carbonyl (C=O) groups excluding carboxylic acids is 3. The lowest BCUT2D eigenvalue weighted by Gasteiger charge is -2.08. The number of aromatic amines is 1. The predicted molar refractivity (Wildman–Crippen MR) is 114 cm³/mol. The number of rotatable bonds is 6. The van der Waals surface area contributed by atoms with E-state index >= 15 is 0 Å². The van der Waals surface area contributed by atoms with Gasteiger partial charge >= 0.3 is 5.97 Å². The van der Waals surface area contributed by atoms with E-state index in [9.17, 15) is 14.4 Å². The standard InChI is InChI=1S/C23H23N3O4/c1-14-19(23(29)30-3)15(2)25-20(14)22(28)24-13-16-8-7-9-17(12-16)21(27)26-18-10-5-4-6-11-18/h4-12,25H,13H2,1-3H3,(H,24,28)(H,26,27). The number of hydrogen-bond acceptors (Lipinski definition) is 4. The molecule has 7 nitrogen and oxygen atoms in total. The zero-order valence-corrected chi connectivity index (χ0v) is 17.0. The smallest absolute Gasteiger partial charge is 0.339 e. The second-order valence-corrected chi connectivity index (χ2v) is 6.82. The number of methoxy groups -OCH3 is 1. The second-order valence-electron chi connectivity index (χ2n) is 6.82. The first-order valence-corrected chi connectivity index (χ1v) is 9.41. The number of aromatic nitrogens is 1. The maximum absolute atomic E-state index is 12.6. The number of hydrogen-bond donors (Lipinski definition) is 3. The first-order valence-electron chi connectivity index (χ1n) is 9.41. The van der Waals surface area contributed by atoms with Gasteiger partial charge in [0.25, 0.3) is 11.8 Å². The highest BCUT2D eigenvalue weighted by Crippen LogP contribution is 2.19. The number of ether oxygens (including phenoxy) is 1. The van der Waals surface area contributed by atoms with Gasteiger partial charge in [-0.15, -0.1) is 0 Å². The molecule has 7 heteroatoms. The molecule has 3 aromatic rings. The highest BCUT2D eigenvalue weighted by molar-refractivity contribution is 6.04. The van der Waals surface area contributed by atoms with Crippen LogP contribution in [0.15, 0.2) is 54.6 Å². The molecule has 1 aromatic heterocycles. The van der Waals surface area contributed by atoms with E-state index in [1.807, 2.05) is 36.4 Å². The van der Waals surface area contributed by atoms with Crippen molar-refractivity contribution in [1.82, 2.24) is 10.3 Å². The molecule has 0 spiro atoms. The fourth-order valence-electron chi connectivity index (χ4n) is 3.20. The lowest BCUT2D eigenvalue weighted by molar-refractivity contribution is 0.0599. The zero-order valence-electron chi connectivity index (χ0n) is 17.0. The number of anilines is 1. The Morgan fingerprint density at radius 2 is 1.70 bits per heavy atom. The third-order valence-electron chi connectivity index (χ3n) is 4.73. The largest absolute Gasteiger partial charge is 0.465 e. The highest BCUT2D eigenvalue weighted by atomic mass is 16.5. The summed E-state index contributed by atoms with van der Waals surface area (Å²) < 4.78 is 4.77. The van der Waals surface area contributed by atoms with Gasteiger partial charge in [0.05, 0.1) is 12.7 Å². The molecule has 3 N–H and O–H groups in total. The molecule has 0 unspecified atom stereocenters. The molecule has 1 heterocycles. The fraction of sp³-hybridized carbons (Fsp3) is 0.174. The lowest BCUT2D eigenvalue weighted by Crippen LogP contribution is -2.24. The zero-order chi connectivity index (χ0) is 21.7. The summed E-state index contributed by atoms with van der Waals surface area (Å²) in [6, 6.07) is 16.2. The number of H-pyrrole nitrogens is 1. The molecule has 0 aliphatic heterocycles. The van der Waals surface area contributed by atoms with Gasteiger partial charge in [-0.25, -0.2) is 4.79 Å². The van der Waals surface area contributed by atoms with Crippen LogP contribution in [0.2, 0.25) is 0 Å². The minimum atomic E-state index is -0.488. The van der Waals surface area contributed by atoms with Gasteiger partial charge in [0.2, 0.25) is 0 Å².